The summed E-state index contributed by atoms with van der Waals surface area (Å²) in [6, 6.07) is 10.5. The van der Waals surface area contributed by atoms with Crippen molar-refractivity contribution >= 4 is 28.9 Å². The number of rotatable bonds is 3. The summed E-state index contributed by atoms with van der Waals surface area (Å²) in [5.74, 6) is 2.19. The van der Waals surface area contributed by atoms with Gasteiger partial charge in [-0.2, -0.15) is 0 Å². The van der Waals surface area contributed by atoms with Gasteiger partial charge in [-0.3, -0.25) is 0 Å². The number of nitrogens with two attached hydrogens (primary N) is 1. The lowest BCUT2D eigenvalue weighted by atomic mass is 9.73. The molecule has 5 heteroatoms. The Balaban J connectivity index is 1.64. The first kappa shape index (κ1) is 17.8. The van der Waals surface area contributed by atoms with Crippen LogP contribution in [0.25, 0.3) is 10.6 Å². The Labute approximate surface area is 163 Å². The number of benzene rings is 1. The summed E-state index contributed by atoms with van der Waals surface area (Å²) in [6.07, 6.45) is 3.40. The first-order valence-electron chi connectivity index (χ1n) is 9.16. The average Bonchev–Trinajstić information content (AvgIpc) is 2.93. The second-order valence-electron chi connectivity index (χ2n) is 8.14. The highest BCUT2D eigenvalue weighted by atomic mass is 32.2. The van der Waals surface area contributed by atoms with Gasteiger partial charge < -0.3 is 5.73 Å². The molecule has 26 heavy (non-hydrogen) atoms. The third kappa shape index (κ3) is 3.47. The molecular weight excluding hydrogens is 358 g/mol. The van der Waals surface area contributed by atoms with E-state index in [-0.39, 0.29) is 0 Å². The topological polar surface area (TPSA) is 51.8 Å². The minimum Gasteiger partial charge on any atom is -0.382 e. The fourth-order valence-electron chi connectivity index (χ4n) is 3.56. The quantitative estimate of drug-likeness (QED) is 0.592. The van der Waals surface area contributed by atoms with Crippen LogP contribution >= 0.6 is 23.1 Å². The molecule has 0 saturated heterocycles. The Kier molecular flexibility index (Phi) is 4.70. The summed E-state index contributed by atoms with van der Waals surface area (Å²) in [5, 5.41) is 1.03. The largest absolute Gasteiger partial charge is 0.382 e. The van der Waals surface area contributed by atoms with Gasteiger partial charge in [-0.1, -0.05) is 51.1 Å². The van der Waals surface area contributed by atoms with Crippen molar-refractivity contribution in [3.05, 3.63) is 46.5 Å². The van der Waals surface area contributed by atoms with Gasteiger partial charge in [0.1, 0.15) is 10.7 Å². The molecule has 0 radical (unpaired) electrons. The molecule has 2 heterocycles. The van der Waals surface area contributed by atoms with Crippen molar-refractivity contribution in [3.8, 4) is 10.6 Å². The zero-order chi connectivity index (χ0) is 18.3. The summed E-state index contributed by atoms with van der Waals surface area (Å²) in [5.41, 5.74) is 9.98. The van der Waals surface area contributed by atoms with E-state index in [0.29, 0.717) is 17.2 Å². The first-order chi connectivity index (χ1) is 12.4. The monoisotopic (exact) mass is 383 g/mol. The van der Waals surface area contributed by atoms with Crippen LogP contribution in [0.5, 0.6) is 0 Å². The van der Waals surface area contributed by atoms with E-state index in [1.807, 2.05) is 17.4 Å². The molecule has 0 aromatic heterocycles. The minimum absolute atomic E-state index is 0.341. The van der Waals surface area contributed by atoms with Crippen LogP contribution in [-0.4, -0.2) is 9.97 Å². The van der Waals surface area contributed by atoms with Crippen molar-refractivity contribution in [2.45, 2.75) is 50.8 Å². The summed E-state index contributed by atoms with van der Waals surface area (Å²) >= 11 is 3.63. The second-order valence-corrected chi connectivity index (χ2v) is 10.2. The zero-order valence-electron chi connectivity index (χ0n) is 15.6. The summed E-state index contributed by atoms with van der Waals surface area (Å²) < 4.78 is 0. The molecule has 0 amide bonds. The molecule has 1 unspecified atom stereocenters. The van der Waals surface area contributed by atoms with Gasteiger partial charge in [-0.05, 0) is 36.2 Å². The normalized spacial score (nSPS) is 17.4. The zero-order valence-corrected chi connectivity index (χ0v) is 17.2. The highest BCUT2D eigenvalue weighted by molar-refractivity contribution is 7.98. The molecule has 0 spiro atoms. The Morgan fingerprint density at radius 1 is 1.19 bits per heavy atom. The number of fused-ring (bicyclic) bond motifs is 2. The van der Waals surface area contributed by atoms with E-state index in [4.69, 9.17) is 10.7 Å². The van der Waals surface area contributed by atoms with Gasteiger partial charge in [-0.15, -0.1) is 23.1 Å². The van der Waals surface area contributed by atoms with Crippen molar-refractivity contribution in [2.75, 3.05) is 5.73 Å². The molecule has 0 saturated carbocycles. The minimum atomic E-state index is 0.341. The maximum Gasteiger partial charge on any atom is 0.152 e. The lowest BCUT2D eigenvalue weighted by molar-refractivity contribution is 0.216. The van der Waals surface area contributed by atoms with Crippen LogP contribution < -0.4 is 5.73 Å². The molecule has 3 aliphatic rings. The summed E-state index contributed by atoms with van der Waals surface area (Å²) in [4.78, 5) is 12.1. The van der Waals surface area contributed by atoms with Crippen molar-refractivity contribution in [2.24, 2.45) is 11.3 Å². The van der Waals surface area contributed by atoms with Crippen molar-refractivity contribution in [1.29, 1.82) is 0 Å². The molecule has 2 N–H and O–H groups in total. The van der Waals surface area contributed by atoms with Gasteiger partial charge in [-0.25, -0.2) is 9.97 Å². The van der Waals surface area contributed by atoms with Crippen LogP contribution in [0.1, 0.15) is 43.3 Å². The van der Waals surface area contributed by atoms with E-state index >= 15 is 0 Å². The Hall–Kier alpha value is -1.59. The lowest BCUT2D eigenvalue weighted by Crippen LogP contribution is -2.27. The highest BCUT2D eigenvalue weighted by Crippen LogP contribution is 2.45. The third-order valence-corrected chi connectivity index (χ3v) is 7.69. The molecule has 3 nitrogen and oxygen atoms in total. The molecular formula is C21H25N3S2. The number of hydrogen-bond donors (Lipinski definition) is 1. The molecule has 2 aliphatic heterocycles. The highest BCUT2D eigenvalue weighted by Gasteiger charge is 2.32. The summed E-state index contributed by atoms with van der Waals surface area (Å²) in [7, 11) is 0. The number of hydrogen-bond acceptors (Lipinski definition) is 5. The van der Waals surface area contributed by atoms with Crippen LogP contribution in [0.3, 0.4) is 0 Å². The molecule has 0 bridgehead atoms. The average molecular weight is 384 g/mol. The predicted octanol–water partition coefficient (Wildman–Crippen LogP) is 5.67. The van der Waals surface area contributed by atoms with Gasteiger partial charge in [0.15, 0.2) is 5.82 Å². The SMILES string of the molecule is CC(C)(C)C1CCc2nc3c(N)nc(SCc4ccccc4)c-3sc2C1. The predicted molar refractivity (Wildman–Crippen MR) is 112 cm³/mol. The van der Waals surface area contributed by atoms with Gasteiger partial charge in [0.25, 0.3) is 0 Å². The van der Waals surface area contributed by atoms with Crippen molar-refractivity contribution in [3.63, 3.8) is 0 Å². The number of anilines is 1. The molecule has 136 valence electrons. The maximum atomic E-state index is 6.20. The Morgan fingerprint density at radius 3 is 2.69 bits per heavy atom. The molecule has 1 atom stereocenters. The maximum absolute atomic E-state index is 6.20. The molecule has 0 fully saturated rings. The first-order valence-corrected chi connectivity index (χ1v) is 11.0. The number of aryl methyl sites for hydroxylation is 1. The second kappa shape index (κ2) is 6.86. The van der Waals surface area contributed by atoms with Crippen LogP contribution in [0.2, 0.25) is 0 Å². The fraction of sp³-hybridized carbons (Fsp3) is 0.429. The van der Waals surface area contributed by atoms with Crippen LogP contribution in [0, 0.1) is 11.3 Å². The smallest absolute Gasteiger partial charge is 0.152 e. The van der Waals surface area contributed by atoms with Crippen molar-refractivity contribution in [1.82, 2.24) is 9.97 Å². The van der Waals surface area contributed by atoms with Crippen LogP contribution in [0.4, 0.5) is 5.82 Å². The molecule has 1 aromatic carbocycles. The Bertz CT molecular complexity index is 880. The number of aromatic nitrogens is 2. The van der Waals surface area contributed by atoms with Gasteiger partial charge in [0.05, 0.1) is 10.6 Å². The van der Waals surface area contributed by atoms with Gasteiger partial charge in [0, 0.05) is 10.6 Å². The summed E-state index contributed by atoms with van der Waals surface area (Å²) in [6.45, 7) is 7.05. The van der Waals surface area contributed by atoms with E-state index in [9.17, 15) is 0 Å². The third-order valence-electron chi connectivity index (χ3n) is 5.27. The van der Waals surface area contributed by atoms with Gasteiger partial charge in [0.2, 0.25) is 0 Å². The number of nitrogens with zero attached hydrogens (tertiary/aromatic N) is 2. The van der Waals surface area contributed by atoms with E-state index in [1.54, 1.807) is 11.8 Å². The fourth-order valence-corrected chi connectivity index (χ4v) is 5.93. The molecule has 4 rings (SSSR count). The molecule has 1 aliphatic carbocycles. The van der Waals surface area contributed by atoms with E-state index in [0.717, 1.165) is 34.2 Å². The number of thioether (sulfide) groups is 1. The van der Waals surface area contributed by atoms with E-state index < -0.39 is 0 Å². The van der Waals surface area contributed by atoms with Crippen LogP contribution in [0.15, 0.2) is 35.4 Å². The molecule has 1 aromatic rings. The Morgan fingerprint density at radius 2 is 1.96 bits per heavy atom. The van der Waals surface area contributed by atoms with E-state index in [2.05, 4.69) is 50.0 Å². The lowest BCUT2D eigenvalue weighted by Gasteiger charge is -2.34. The van der Waals surface area contributed by atoms with E-state index in [1.165, 1.54) is 22.6 Å². The van der Waals surface area contributed by atoms with Crippen LogP contribution in [-0.2, 0) is 18.6 Å². The van der Waals surface area contributed by atoms with Crippen molar-refractivity contribution < 1.29 is 0 Å². The number of nitrogen functional groups attached to an aromatic ring is 1. The standard InChI is InChI=1S/C21H25N3S2/c1-21(2,3)14-9-10-15-16(11-14)26-18-17(23-15)19(22)24-20(18)25-12-13-7-5-4-6-8-13/h4-8,14H,9-12H2,1-3H3,(H2,22,24). The van der Waals surface area contributed by atoms with Gasteiger partial charge >= 0.3 is 0 Å².